The zero-order valence-corrected chi connectivity index (χ0v) is 11.4. The van der Waals surface area contributed by atoms with Gasteiger partial charge < -0.3 is 19.8 Å². The third kappa shape index (κ3) is 3.10. The Morgan fingerprint density at radius 1 is 1.53 bits per heavy atom. The molecule has 8 heteroatoms. The van der Waals surface area contributed by atoms with E-state index >= 15 is 0 Å². The standard InChI is InChI=1S/C11H12ClNO5S/c12-8-4-7(9(19-8)10(14)15)18-5-6-2-1-3-13(6)11(16)17/h4,6H,1-3,5H2,(H,14,15)(H,16,17). The van der Waals surface area contributed by atoms with Gasteiger partial charge >= 0.3 is 12.1 Å². The minimum Gasteiger partial charge on any atom is -0.490 e. The van der Waals surface area contributed by atoms with Gasteiger partial charge in [-0.25, -0.2) is 9.59 Å². The van der Waals surface area contributed by atoms with Crippen LogP contribution in [0.15, 0.2) is 6.07 Å². The van der Waals surface area contributed by atoms with Crippen LogP contribution in [0.2, 0.25) is 4.34 Å². The van der Waals surface area contributed by atoms with Crippen LogP contribution < -0.4 is 4.74 Å². The maximum absolute atomic E-state index is 11.0. The second kappa shape index (κ2) is 5.66. The molecule has 0 bridgehead atoms. The highest BCUT2D eigenvalue weighted by molar-refractivity contribution is 7.18. The Balaban J connectivity index is 2.02. The summed E-state index contributed by atoms with van der Waals surface area (Å²) >= 11 is 6.68. The normalized spacial score (nSPS) is 18.6. The molecule has 0 aromatic carbocycles. The van der Waals surface area contributed by atoms with Crippen molar-refractivity contribution in [3.8, 4) is 5.75 Å². The molecule has 104 valence electrons. The number of nitrogens with zero attached hydrogens (tertiary/aromatic N) is 1. The Morgan fingerprint density at radius 3 is 2.89 bits per heavy atom. The van der Waals surface area contributed by atoms with Crippen molar-refractivity contribution >= 4 is 35.0 Å². The molecule has 0 saturated carbocycles. The molecule has 2 rings (SSSR count). The molecule has 0 radical (unpaired) electrons. The molecule has 2 N–H and O–H groups in total. The number of aromatic carboxylic acids is 1. The van der Waals surface area contributed by atoms with Crippen LogP contribution in [0.3, 0.4) is 0 Å². The fourth-order valence-corrected chi connectivity index (χ4v) is 3.05. The third-order valence-corrected chi connectivity index (χ3v) is 4.15. The highest BCUT2D eigenvalue weighted by Gasteiger charge is 2.29. The number of thiophene rings is 1. The Labute approximate surface area is 118 Å². The first-order valence-corrected chi connectivity index (χ1v) is 6.83. The van der Waals surface area contributed by atoms with Gasteiger partial charge in [-0.2, -0.15) is 0 Å². The zero-order chi connectivity index (χ0) is 14.0. The summed E-state index contributed by atoms with van der Waals surface area (Å²) in [6.45, 7) is 0.624. The minimum absolute atomic E-state index is 0.0323. The van der Waals surface area contributed by atoms with E-state index in [0.29, 0.717) is 17.3 Å². The molecule has 0 spiro atoms. The third-order valence-electron chi connectivity index (χ3n) is 2.92. The molecular formula is C11H12ClNO5S. The van der Waals surface area contributed by atoms with E-state index < -0.39 is 12.1 Å². The number of halogens is 1. The number of amides is 1. The van der Waals surface area contributed by atoms with Gasteiger partial charge in [-0.15, -0.1) is 11.3 Å². The Morgan fingerprint density at radius 2 is 2.26 bits per heavy atom. The van der Waals surface area contributed by atoms with Crippen molar-refractivity contribution in [3.05, 3.63) is 15.3 Å². The fourth-order valence-electron chi connectivity index (χ4n) is 2.05. The second-order valence-electron chi connectivity index (χ2n) is 4.13. The van der Waals surface area contributed by atoms with Crippen LogP contribution in [0.5, 0.6) is 5.75 Å². The highest BCUT2D eigenvalue weighted by Crippen LogP contribution is 2.33. The summed E-state index contributed by atoms with van der Waals surface area (Å²) in [5, 5.41) is 18.0. The monoisotopic (exact) mass is 305 g/mol. The molecule has 2 heterocycles. The number of carboxylic acids is 1. The molecule has 1 aromatic rings. The number of hydrogen-bond donors (Lipinski definition) is 2. The van der Waals surface area contributed by atoms with Gasteiger partial charge in [0.05, 0.1) is 10.4 Å². The maximum Gasteiger partial charge on any atom is 0.407 e. The molecule has 6 nitrogen and oxygen atoms in total. The predicted molar refractivity (Wildman–Crippen MR) is 69.5 cm³/mol. The van der Waals surface area contributed by atoms with Crippen LogP contribution in [0.25, 0.3) is 0 Å². The largest absolute Gasteiger partial charge is 0.490 e. The molecule has 1 atom stereocenters. The molecule has 1 unspecified atom stereocenters. The van der Waals surface area contributed by atoms with Gasteiger partial charge in [-0.3, -0.25) is 0 Å². The number of ether oxygens (including phenoxy) is 1. The van der Waals surface area contributed by atoms with Crippen molar-refractivity contribution in [2.24, 2.45) is 0 Å². The molecule has 0 aliphatic carbocycles. The topological polar surface area (TPSA) is 87.1 Å². The summed E-state index contributed by atoms with van der Waals surface area (Å²) in [4.78, 5) is 23.3. The SMILES string of the molecule is O=C(O)c1sc(Cl)cc1OCC1CCCN1C(=O)O. The first-order chi connectivity index (χ1) is 8.99. The minimum atomic E-state index is -1.10. The highest BCUT2D eigenvalue weighted by atomic mass is 35.5. The van der Waals surface area contributed by atoms with E-state index in [2.05, 4.69) is 0 Å². The van der Waals surface area contributed by atoms with E-state index in [-0.39, 0.29) is 23.3 Å². The van der Waals surface area contributed by atoms with Crippen LogP contribution in [-0.2, 0) is 0 Å². The molecule has 1 aliphatic rings. The summed E-state index contributed by atoms with van der Waals surface area (Å²) < 4.78 is 5.75. The van der Waals surface area contributed by atoms with Crippen LogP contribution in [0.4, 0.5) is 4.79 Å². The first kappa shape index (κ1) is 14.0. The van der Waals surface area contributed by atoms with E-state index in [1.54, 1.807) is 0 Å². The predicted octanol–water partition coefficient (Wildman–Crippen LogP) is 2.62. The van der Waals surface area contributed by atoms with Gasteiger partial charge in [0.2, 0.25) is 0 Å². The van der Waals surface area contributed by atoms with Gasteiger partial charge in [0.1, 0.15) is 12.4 Å². The molecule has 1 aliphatic heterocycles. The van der Waals surface area contributed by atoms with Crippen molar-refractivity contribution in [2.45, 2.75) is 18.9 Å². The fraction of sp³-hybridized carbons (Fsp3) is 0.455. The summed E-state index contributed by atoms with van der Waals surface area (Å²) in [5.74, 6) is -0.909. The maximum atomic E-state index is 11.0. The number of hydrogen-bond acceptors (Lipinski definition) is 4. The van der Waals surface area contributed by atoms with Crippen LogP contribution in [0, 0.1) is 0 Å². The number of carbonyl (C=O) groups is 2. The summed E-state index contributed by atoms with van der Waals surface area (Å²) in [6, 6.07) is 1.20. The van der Waals surface area contributed by atoms with Gasteiger partial charge in [-0.05, 0) is 12.8 Å². The lowest BCUT2D eigenvalue weighted by atomic mass is 10.2. The Kier molecular flexibility index (Phi) is 4.16. The number of likely N-dealkylation sites (tertiary alicyclic amines) is 1. The molecule has 1 fully saturated rings. The molecule has 19 heavy (non-hydrogen) atoms. The summed E-state index contributed by atoms with van der Waals surface area (Å²) in [6.07, 6.45) is 0.524. The lowest BCUT2D eigenvalue weighted by molar-refractivity contribution is 0.0695. The van der Waals surface area contributed by atoms with Crippen molar-refractivity contribution in [1.82, 2.24) is 4.90 Å². The summed E-state index contributed by atoms with van der Waals surface area (Å²) in [7, 11) is 0. The first-order valence-electron chi connectivity index (χ1n) is 5.64. The number of carboxylic acid groups (broad SMARTS) is 2. The molecule has 1 aromatic heterocycles. The molecule has 1 saturated heterocycles. The molecular weight excluding hydrogens is 294 g/mol. The van der Waals surface area contributed by atoms with Crippen molar-refractivity contribution in [1.29, 1.82) is 0 Å². The lowest BCUT2D eigenvalue weighted by Crippen LogP contribution is -2.38. The zero-order valence-electron chi connectivity index (χ0n) is 9.84. The van der Waals surface area contributed by atoms with Crippen molar-refractivity contribution < 1.29 is 24.5 Å². The van der Waals surface area contributed by atoms with E-state index in [4.69, 9.17) is 26.6 Å². The van der Waals surface area contributed by atoms with Gasteiger partial charge in [0.25, 0.3) is 0 Å². The quantitative estimate of drug-likeness (QED) is 0.893. The number of rotatable bonds is 4. The Hall–Kier alpha value is -1.47. The van der Waals surface area contributed by atoms with Crippen molar-refractivity contribution in [2.75, 3.05) is 13.2 Å². The van der Waals surface area contributed by atoms with Gasteiger partial charge in [-0.1, -0.05) is 11.6 Å². The van der Waals surface area contributed by atoms with Crippen LogP contribution >= 0.6 is 22.9 Å². The van der Waals surface area contributed by atoms with E-state index in [0.717, 1.165) is 17.8 Å². The van der Waals surface area contributed by atoms with Gasteiger partial charge in [0.15, 0.2) is 4.88 Å². The molecule has 1 amide bonds. The smallest absolute Gasteiger partial charge is 0.407 e. The van der Waals surface area contributed by atoms with Crippen LogP contribution in [-0.4, -0.2) is 46.4 Å². The lowest BCUT2D eigenvalue weighted by Gasteiger charge is -2.21. The summed E-state index contributed by atoms with van der Waals surface area (Å²) in [5.41, 5.74) is 0. The average molecular weight is 306 g/mol. The van der Waals surface area contributed by atoms with Gasteiger partial charge in [0, 0.05) is 12.6 Å². The average Bonchev–Trinajstić information content (AvgIpc) is 2.92. The van der Waals surface area contributed by atoms with Crippen LogP contribution in [0.1, 0.15) is 22.5 Å². The van der Waals surface area contributed by atoms with E-state index in [1.807, 2.05) is 0 Å². The Bertz CT molecular complexity index is 503. The van der Waals surface area contributed by atoms with E-state index in [9.17, 15) is 9.59 Å². The van der Waals surface area contributed by atoms with Crippen molar-refractivity contribution in [3.63, 3.8) is 0 Å². The second-order valence-corrected chi connectivity index (χ2v) is 5.82. The van der Waals surface area contributed by atoms with E-state index in [1.165, 1.54) is 11.0 Å².